The molecule has 17 heavy (non-hydrogen) atoms. The van der Waals surface area contributed by atoms with Gasteiger partial charge < -0.3 is 0 Å². The van der Waals surface area contributed by atoms with Crippen molar-refractivity contribution in [2.45, 2.75) is 19.8 Å². The van der Waals surface area contributed by atoms with Gasteiger partial charge in [0, 0.05) is 10.4 Å². The van der Waals surface area contributed by atoms with E-state index < -0.39 is 0 Å². The molecule has 2 rings (SSSR count). The molecule has 90 valence electrons. The van der Waals surface area contributed by atoms with Crippen molar-refractivity contribution in [2.75, 3.05) is 0 Å². The quantitative estimate of drug-likeness (QED) is 0.823. The number of aromatic amines is 1. The first-order chi connectivity index (χ1) is 8.00. The number of aromatic nitrogens is 3. The van der Waals surface area contributed by atoms with Crippen LogP contribution in [0.4, 0.5) is 0 Å². The number of nitrogens with zero attached hydrogens (tertiary/aromatic N) is 2. The first kappa shape index (κ1) is 12.8. The summed E-state index contributed by atoms with van der Waals surface area (Å²) in [5.41, 5.74) is 0.837. The highest BCUT2D eigenvalue weighted by atomic mass is 79.9. The Bertz CT molecular complexity index is 603. The molecule has 0 unspecified atom stereocenters. The first-order valence-corrected chi connectivity index (χ1v) is 6.71. The van der Waals surface area contributed by atoms with E-state index in [0.717, 1.165) is 16.0 Å². The largest absolute Gasteiger partial charge is 0.270 e. The smallest absolute Gasteiger partial charge is 0.199 e. The number of H-pyrrole nitrogens is 1. The SMILES string of the molecule is CC(C)c1n[nH]c(=S)n1-c1cc(Br)ccc1Cl. The van der Waals surface area contributed by atoms with Crippen molar-refractivity contribution in [3.63, 3.8) is 0 Å². The molecule has 1 N–H and O–H groups in total. The van der Waals surface area contributed by atoms with E-state index >= 15 is 0 Å². The maximum absolute atomic E-state index is 6.21. The van der Waals surface area contributed by atoms with Crippen LogP contribution in [0.3, 0.4) is 0 Å². The molecule has 0 aliphatic carbocycles. The number of hydrogen-bond acceptors (Lipinski definition) is 2. The van der Waals surface area contributed by atoms with Gasteiger partial charge in [-0.25, -0.2) is 0 Å². The summed E-state index contributed by atoms with van der Waals surface area (Å²) in [4.78, 5) is 0. The van der Waals surface area contributed by atoms with Crippen LogP contribution in [0.1, 0.15) is 25.6 Å². The van der Waals surface area contributed by atoms with E-state index in [1.165, 1.54) is 0 Å². The van der Waals surface area contributed by atoms with Gasteiger partial charge in [0.2, 0.25) is 0 Å². The predicted octanol–water partition coefficient (Wildman–Crippen LogP) is 4.47. The zero-order valence-corrected chi connectivity index (χ0v) is 12.5. The van der Waals surface area contributed by atoms with Crippen LogP contribution in [0.2, 0.25) is 5.02 Å². The van der Waals surface area contributed by atoms with Crippen LogP contribution in [-0.2, 0) is 0 Å². The molecule has 1 heterocycles. The second-order valence-electron chi connectivity index (χ2n) is 3.97. The molecule has 0 amide bonds. The second-order valence-corrected chi connectivity index (χ2v) is 5.68. The minimum Gasteiger partial charge on any atom is -0.270 e. The van der Waals surface area contributed by atoms with Crippen molar-refractivity contribution in [2.24, 2.45) is 0 Å². The Kier molecular flexibility index (Phi) is 3.70. The van der Waals surface area contributed by atoms with Crippen LogP contribution in [-0.4, -0.2) is 14.8 Å². The maximum Gasteiger partial charge on any atom is 0.199 e. The van der Waals surface area contributed by atoms with Crippen LogP contribution in [0.5, 0.6) is 0 Å². The van der Waals surface area contributed by atoms with Crippen molar-refractivity contribution in [1.82, 2.24) is 14.8 Å². The molecule has 0 saturated heterocycles. The van der Waals surface area contributed by atoms with Gasteiger partial charge in [0.1, 0.15) is 5.82 Å². The van der Waals surface area contributed by atoms with E-state index in [2.05, 4.69) is 40.0 Å². The average molecular weight is 333 g/mol. The Hall–Kier alpha value is -0.650. The first-order valence-electron chi connectivity index (χ1n) is 5.13. The highest BCUT2D eigenvalue weighted by Crippen LogP contribution is 2.27. The highest BCUT2D eigenvalue weighted by Gasteiger charge is 2.14. The fourth-order valence-corrected chi connectivity index (χ4v) is 2.38. The fourth-order valence-electron chi connectivity index (χ4n) is 1.59. The van der Waals surface area contributed by atoms with E-state index in [9.17, 15) is 0 Å². The van der Waals surface area contributed by atoms with Crippen molar-refractivity contribution in [3.05, 3.63) is 38.3 Å². The molecule has 0 saturated carbocycles. The molecule has 0 aliphatic heterocycles. The Morgan fingerprint density at radius 3 is 2.82 bits per heavy atom. The second kappa shape index (κ2) is 4.92. The van der Waals surface area contributed by atoms with E-state index in [0.29, 0.717) is 9.79 Å². The maximum atomic E-state index is 6.21. The normalized spacial score (nSPS) is 11.1. The van der Waals surface area contributed by atoms with Crippen LogP contribution >= 0.6 is 39.7 Å². The van der Waals surface area contributed by atoms with Gasteiger partial charge >= 0.3 is 0 Å². The van der Waals surface area contributed by atoms with Gasteiger partial charge in [-0.15, -0.1) is 0 Å². The lowest BCUT2D eigenvalue weighted by Gasteiger charge is -2.11. The zero-order chi connectivity index (χ0) is 12.6. The van der Waals surface area contributed by atoms with Crippen molar-refractivity contribution in [1.29, 1.82) is 0 Å². The monoisotopic (exact) mass is 331 g/mol. The molecular formula is C11H11BrClN3S. The molecule has 0 atom stereocenters. The van der Waals surface area contributed by atoms with Crippen molar-refractivity contribution in [3.8, 4) is 5.69 Å². The van der Waals surface area contributed by atoms with Gasteiger partial charge in [-0.1, -0.05) is 41.4 Å². The van der Waals surface area contributed by atoms with Gasteiger partial charge in [-0.3, -0.25) is 9.67 Å². The molecule has 0 fully saturated rings. The van der Waals surface area contributed by atoms with Gasteiger partial charge in [0.05, 0.1) is 10.7 Å². The fraction of sp³-hybridized carbons (Fsp3) is 0.273. The van der Waals surface area contributed by atoms with E-state index in [1.807, 2.05) is 22.8 Å². The highest BCUT2D eigenvalue weighted by molar-refractivity contribution is 9.10. The van der Waals surface area contributed by atoms with E-state index in [-0.39, 0.29) is 5.92 Å². The van der Waals surface area contributed by atoms with Gasteiger partial charge in [-0.2, -0.15) is 5.10 Å². The summed E-state index contributed by atoms with van der Waals surface area (Å²) in [6.07, 6.45) is 0. The van der Waals surface area contributed by atoms with Crippen molar-refractivity contribution >= 4 is 39.7 Å². The number of benzene rings is 1. The number of halogens is 2. The summed E-state index contributed by atoms with van der Waals surface area (Å²) in [6.45, 7) is 4.13. The minimum atomic E-state index is 0.262. The molecule has 0 radical (unpaired) electrons. The molecule has 6 heteroatoms. The van der Waals surface area contributed by atoms with Gasteiger partial charge in [0.25, 0.3) is 0 Å². The molecule has 2 aromatic rings. The molecule has 0 bridgehead atoms. The predicted molar refractivity (Wildman–Crippen MR) is 75.5 cm³/mol. The molecule has 1 aromatic carbocycles. The molecule has 1 aromatic heterocycles. The number of nitrogens with one attached hydrogen (secondary N) is 1. The summed E-state index contributed by atoms with van der Waals surface area (Å²) < 4.78 is 3.37. The number of rotatable bonds is 2. The Balaban J connectivity index is 2.72. The molecular weight excluding hydrogens is 322 g/mol. The van der Waals surface area contributed by atoms with E-state index in [1.54, 1.807) is 0 Å². The third-order valence-electron chi connectivity index (χ3n) is 2.36. The summed E-state index contributed by atoms with van der Waals surface area (Å²) in [6, 6.07) is 5.66. The zero-order valence-electron chi connectivity index (χ0n) is 9.37. The standard InChI is InChI=1S/C11H11BrClN3S/c1-6(2)10-14-15-11(17)16(10)9-5-7(12)3-4-8(9)13/h3-6H,1-2H3,(H,15,17). The summed E-state index contributed by atoms with van der Waals surface area (Å²) in [5.74, 6) is 1.13. The van der Waals surface area contributed by atoms with Gasteiger partial charge in [0.15, 0.2) is 4.77 Å². The lowest BCUT2D eigenvalue weighted by Crippen LogP contribution is -2.04. The van der Waals surface area contributed by atoms with Crippen LogP contribution < -0.4 is 0 Å². The summed E-state index contributed by atoms with van der Waals surface area (Å²) >= 11 is 14.9. The summed E-state index contributed by atoms with van der Waals surface area (Å²) in [7, 11) is 0. The Morgan fingerprint density at radius 2 is 2.18 bits per heavy atom. The molecule has 0 aliphatic rings. The lowest BCUT2D eigenvalue weighted by molar-refractivity contribution is 0.744. The summed E-state index contributed by atoms with van der Waals surface area (Å²) in [5, 5.41) is 7.69. The topological polar surface area (TPSA) is 33.6 Å². The molecule has 3 nitrogen and oxygen atoms in total. The molecule has 0 spiro atoms. The lowest BCUT2D eigenvalue weighted by atomic mass is 10.2. The van der Waals surface area contributed by atoms with Crippen LogP contribution in [0, 0.1) is 4.77 Å². The average Bonchev–Trinajstić information content (AvgIpc) is 2.64. The minimum absolute atomic E-state index is 0.262. The Labute approximate surface area is 118 Å². The van der Waals surface area contributed by atoms with E-state index in [4.69, 9.17) is 23.8 Å². The third kappa shape index (κ3) is 2.46. The van der Waals surface area contributed by atoms with Gasteiger partial charge in [-0.05, 0) is 30.4 Å². The van der Waals surface area contributed by atoms with Crippen LogP contribution in [0.25, 0.3) is 5.69 Å². The van der Waals surface area contributed by atoms with Crippen molar-refractivity contribution < 1.29 is 0 Å². The Morgan fingerprint density at radius 1 is 1.47 bits per heavy atom. The third-order valence-corrected chi connectivity index (χ3v) is 3.45. The number of hydrogen-bond donors (Lipinski definition) is 1. The van der Waals surface area contributed by atoms with Crippen LogP contribution in [0.15, 0.2) is 22.7 Å².